The number of anilines is 1. The second-order valence-electron chi connectivity index (χ2n) is 6.96. The molecule has 8 nitrogen and oxygen atoms in total. The Morgan fingerprint density at radius 3 is 2.30 bits per heavy atom. The lowest BCUT2D eigenvalue weighted by atomic mass is 10.1. The van der Waals surface area contributed by atoms with Gasteiger partial charge in [-0.05, 0) is 37.4 Å². The third-order valence-electron chi connectivity index (χ3n) is 5.05. The molecule has 0 aromatic heterocycles. The molecule has 3 rings (SSSR count). The van der Waals surface area contributed by atoms with Crippen molar-refractivity contribution in [2.24, 2.45) is 0 Å². The summed E-state index contributed by atoms with van der Waals surface area (Å²) in [5.74, 6) is -1.42. The average Bonchev–Trinajstić information content (AvgIpc) is 3.01. The minimum Gasteiger partial charge on any atom is -0.465 e. The van der Waals surface area contributed by atoms with Crippen LogP contribution in [0, 0.1) is 0 Å². The third-order valence-corrected chi connectivity index (χ3v) is 5.05. The number of hydrogen-bond acceptors (Lipinski definition) is 7. The van der Waals surface area contributed by atoms with Gasteiger partial charge in [0.25, 0.3) is 5.91 Å². The van der Waals surface area contributed by atoms with Crippen LogP contribution in [0.2, 0.25) is 0 Å². The first-order valence-electron chi connectivity index (χ1n) is 9.59. The number of amides is 1. The summed E-state index contributed by atoms with van der Waals surface area (Å²) >= 11 is 0. The van der Waals surface area contributed by atoms with Crippen molar-refractivity contribution in [2.75, 3.05) is 52.3 Å². The molecule has 2 aliphatic rings. The van der Waals surface area contributed by atoms with Gasteiger partial charge in [-0.2, -0.15) is 0 Å². The van der Waals surface area contributed by atoms with Gasteiger partial charge in [0.1, 0.15) is 5.70 Å². The van der Waals surface area contributed by atoms with E-state index >= 15 is 0 Å². The first-order chi connectivity index (χ1) is 14.5. The van der Waals surface area contributed by atoms with E-state index in [2.05, 4.69) is 4.90 Å². The lowest BCUT2D eigenvalue weighted by Crippen LogP contribution is -2.47. The number of nitrogens with zero attached hydrogens (tertiary/aromatic N) is 3. The first-order valence-corrected chi connectivity index (χ1v) is 9.59. The third kappa shape index (κ3) is 4.44. The van der Waals surface area contributed by atoms with Crippen molar-refractivity contribution < 1.29 is 23.9 Å². The highest BCUT2D eigenvalue weighted by molar-refractivity contribution is 6.05. The molecule has 0 spiro atoms. The van der Waals surface area contributed by atoms with E-state index in [4.69, 9.17) is 9.47 Å². The van der Waals surface area contributed by atoms with Gasteiger partial charge in [-0.1, -0.05) is 12.1 Å². The highest BCUT2D eigenvalue weighted by Gasteiger charge is 2.28. The summed E-state index contributed by atoms with van der Waals surface area (Å²) in [7, 11) is 4.52. The molecule has 158 valence electrons. The number of allylic oxidation sites excluding steroid dienone is 2. The molecule has 1 fully saturated rings. The van der Waals surface area contributed by atoms with Crippen LogP contribution in [0.1, 0.15) is 10.4 Å². The molecule has 2 heterocycles. The van der Waals surface area contributed by atoms with E-state index in [1.54, 1.807) is 42.6 Å². The maximum Gasteiger partial charge on any atom is 0.355 e. The number of esters is 2. The Hall–Kier alpha value is -3.39. The molecule has 30 heavy (non-hydrogen) atoms. The van der Waals surface area contributed by atoms with Gasteiger partial charge in [-0.3, -0.25) is 4.79 Å². The minimum absolute atomic E-state index is 0.0125. The van der Waals surface area contributed by atoms with Crippen molar-refractivity contribution in [3.63, 3.8) is 0 Å². The van der Waals surface area contributed by atoms with Crippen LogP contribution in [-0.4, -0.2) is 75.1 Å². The summed E-state index contributed by atoms with van der Waals surface area (Å²) in [5.41, 5.74) is 1.13. The Morgan fingerprint density at radius 2 is 1.63 bits per heavy atom. The number of likely N-dealkylation sites (N-methyl/N-ethyl adjacent to an activating group) is 1. The van der Waals surface area contributed by atoms with Gasteiger partial charge in [-0.15, -0.1) is 0 Å². The monoisotopic (exact) mass is 411 g/mol. The van der Waals surface area contributed by atoms with Crippen LogP contribution in [-0.2, 0) is 19.1 Å². The number of hydrogen-bond donors (Lipinski definition) is 0. The zero-order valence-electron chi connectivity index (χ0n) is 17.3. The van der Waals surface area contributed by atoms with Crippen LogP contribution in [0.3, 0.4) is 0 Å². The molecule has 0 radical (unpaired) electrons. The quantitative estimate of drug-likeness (QED) is 0.696. The van der Waals surface area contributed by atoms with E-state index in [0.717, 1.165) is 13.1 Å². The fourth-order valence-electron chi connectivity index (χ4n) is 3.35. The predicted octanol–water partition coefficient (Wildman–Crippen LogP) is 1.56. The molecule has 1 saturated heterocycles. The molecule has 8 heteroatoms. The van der Waals surface area contributed by atoms with Gasteiger partial charge in [0.2, 0.25) is 0 Å². The normalized spacial score (nSPS) is 17.0. The Balaban J connectivity index is 1.99. The molecule has 0 aliphatic carbocycles. The second-order valence-corrected chi connectivity index (χ2v) is 6.96. The van der Waals surface area contributed by atoms with Gasteiger partial charge < -0.3 is 24.2 Å². The number of piperazine rings is 1. The van der Waals surface area contributed by atoms with Gasteiger partial charge >= 0.3 is 11.9 Å². The van der Waals surface area contributed by atoms with E-state index in [9.17, 15) is 14.4 Å². The van der Waals surface area contributed by atoms with Crippen LogP contribution < -0.4 is 4.90 Å². The summed E-state index contributed by atoms with van der Waals surface area (Å²) in [6.45, 7) is 2.97. The van der Waals surface area contributed by atoms with Gasteiger partial charge in [0, 0.05) is 43.6 Å². The van der Waals surface area contributed by atoms with Crippen molar-refractivity contribution in [3.8, 4) is 0 Å². The van der Waals surface area contributed by atoms with Crippen LogP contribution in [0.5, 0.6) is 0 Å². The lowest BCUT2D eigenvalue weighted by molar-refractivity contribution is -0.139. The van der Waals surface area contributed by atoms with Crippen LogP contribution in [0.15, 0.2) is 60.0 Å². The number of ether oxygens (including phenoxy) is 2. The van der Waals surface area contributed by atoms with Crippen LogP contribution in [0.25, 0.3) is 0 Å². The Kier molecular flexibility index (Phi) is 6.68. The van der Waals surface area contributed by atoms with Crippen molar-refractivity contribution >= 4 is 23.5 Å². The van der Waals surface area contributed by atoms with Crippen molar-refractivity contribution in [1.82, 2.24) is 9.80 Å². The van der Waals surface area contributed by atoms with Gasteiger partial charge in [-0.25, -0.2) is 9.59 Å². The van der Waals surface area contributed by atoms with E-state index in [1.165, 1.54) is 25.2 Å². The first kappa shape index (κ1) is 21.3. The number of benzene rings is 1. The van der Waals surface area contributed by atoms with Crippen molar-refractivity contribution in [2.45, 2.75) is 0 Å². The molecule has 0 atom stereocenters. The Bertz CT molecular complexity index is 926. The highest BCUT2D eigenvalue weighted by Crippen LogP contribution is 2.27. The van der Waals surface area contributed by atoms with E-state index in [-0.39, 0.29) is 17.2 Å². The van der Waals surface area contributed by atoms with Gasteiger partial charge in [0.15, 0.2) is 0 Å². The summed E-state index contributed by atoms with van der Waals surface area (Å²) < 4.78 is 9.74. The molecule has 0 unspecified atom stereocenters. The lowest BCUT2D eigenvalue weighted by Gasteiger charge is -2.32. The maximum atomic E-state index is 13.0. The van der Waals surface area contributed by atoms with Crippen LogP contribution in [0.4, 0.5) is 5.69 Å². The minimum atomic E-state index is -0.692. The molecule has 1 amide bonds. The molecular weight excluding hydrogens is 386 g/mol. The molecule has 0 N–H and O–H groups in total. The SMILES string of the molecule is COC(=O)C1=C(C(=O)OC)N(c2cccc(C(=O)N3CCN(C)CC3)c2)C=CC=C1. The fourth-order valence-corrected chi connectivity index (χ4v) is 3.35. The van der Waals surface area contributed by atoms with E-state index in [0.29, 0.717) is 24.3 Å². The predicted molar refractivity (Wildman–Crippen MR) is 112 cm³/mol. The molecule has 0 saturated carbocycles. The number of methoxy groups -OCH3 is 2. The molecule has 1 aromatic rings. The Labute approximate surface area is 175 Å². The largest absolute Gasteiger partial charge is 0.465 e. The van der Waals surface area contributed by atoms with E-state index in [1.807, 2.05) is 11.9 Å². The highest BCUT2D eigenvalue weighted by atomic mass is 16.5. The molecule has 0 bridgehead atoms. The average molecular weight is 411 g/mol. The molecule has 1 aromatic carbocycles. The van der Waals surface area contributed by atoms with Crippen molar-refractivity contribution in [3.05, 3.63) is 65.5 Å². The van der Waals surface area contributed by atoms with Gasteiger partial charge in [0.05, 0.1) is 19.8 Å². The second kappa shape index (κ2) is 9.41. The van der Waals surface area contributed by atoms with E-state index < -0.39 is 11.9 Å². The zero-order valence-corrected chi connectivity index (χ0v) is 17.3. The van der Waals surface area contributed by atoms with Crippen LogP contribution >= 0.6 is 0 Å². The molecular formula is C22H25N3O5. The summed E-state index contributed by atoms with van der Waals surface area (Å²) in [4.78, 5) is 43.3. The number of rotatable bonds is 4. The summed E-state index contributed by atoms with van der Waals surface area (Å²) in [6, 6.07) is 6.95. The zero-order chi connectivity index (χ0) is 21.7. The standard InChI is InChI=1S/C22H25N3O5/c1-23-11-13-24(14-12-23)20(26)16-7-6-8-17(15-16)25-10-5-4-9-18(21(27)29-2)19(25)22(28)30-3/h4-10,15H,11-14H2,1-3H3. The fraction of sp³-hybridized carbons (Fsp3) is 0.318. The Morgan fingerprint density at radius 1 is 0.933 bits per heavy atom. The maximum absolute atomic E-state index is 13.0. The molecule has 2 aliphatic heterocycles. The number of carbonyl (C=O) groups excluding carboxylic acids is 3. The summed E-state index contributed by atoms with van der Waals surface area (Å²) in [6.07, 6.45) is 6.45. The topological polar surface area (TPSA) is 79.4 Å². The summed E-state index contributed by atoms with van der Waals surface area (Å²) in [5, 5.41) is 0. The van der Waals surface area contributed by atoms with Crippen molar-refractivity contribution in [1.29, 1.82) is 0 Å². The number of carbonyl (C=O) groups is 3. The smallest absolute Gasteiger partial charge is 0.355 e.